The lowest BCUT2D eigenvalue weighted by atomic mass is 9.96. The first-order chi connectivity index (χ1) is 14.6. The zero-order valence-electron chi connectivity index (χ0n) is 17.3. The summed E-state index contributed by atoms with van der Waals surface area (Å²) in [6, 6.07) is 15.0. The molecule has 0 aliphatic carbocycles. The van der Waals surface area contributed by atoms with Gasteiger partial charge in [0.1, 0.15) is 0 Å². The second-order valence-corrected chi connectivity index (χ2v) is 8.30. The first-order valence-electron chi connectivity index (χ1n) is 10.5. The van der Waals surface area contributed by atoms with Crippen molar-refractivity contribution in [3.8, 4) is 6.07 Å². The molecular weight excluding hydrogens is 374 g/mol. The van der Waals surface area contributed by atoms with Crippen LogP contribution < -0.4 is 10.2 Å². The molecule has 3 aromatic rings. The van der Waals surface area contributed by atoms with Crippen LogP contribution in [0.1, 0.15) is 42.5 Å². The van der Waals surface area contributed by atoms with Crippen LogP contribution in [0.15, 0.2) is 42.6 Å². The number of aromatic nitrogens is 2. The fraction of sp³-hybridized carbons (Fsp3) is 0.375. The summed E-state index contributed by atoms with van der Waals surface area (Å²) in [5, 5.41) is 22.5. The van der Waals surface area contributed by atoms with Gasteiger partial charge in [0.2, 0.25) is 0 Å². The molecule has 2 unspecified atom stereocenters. The molecule has 6 rings (SSSR count). The topological polar surface area (TPSA) is 74.1 Å². The third-order valence-corrected chi connectivity index (χ3v) is 6.48. The summed E-state index contributed by atoms with van der Waals surface area (Å²) >= 11 is 0. The van der Waals surface area contributed by atoms with Gasteiger partial charge in [0.05, 0.1) is 47.8 Å². The molecule has 0 amide bonds. The van der Waals surface area contributed by atoms with Crippen molar-refractivity contribution in [2.24, 2.45) is 0 Å². The second-order valence-electron chi connectivity index (χ2n) is 8.30. The molecule has 1 N–H and O–H groups in total. The van der Waals surface area contributed by atoms with Crippen LogP contribution in [-0.4, -0.2) is 35.5 Å². The van der Waals surface area contributed by atoms with E-state index in [1.54, 1.807) is 6.20 Å². The minimum Gasteiger partial charge on any atom is -0.377 e. The van der Waals surface area contributed by atoms with Crippen molar-refractivity contribution < 1.29 is 4.74 Å². The zero-order valence-corrected chi connectivity index (χ0v) is 17.3. The highest BCUT2D eigenvalue weighted by molar-refractivity contribution is 5.93. The Morgan fingerprint density at radius 1 is 1.27 bits per heavy atom. The van der Waals surface area contributed by atoms with E-state index in [0.29, 0.717) is 17.7 Å². The Hall–Kier alpha value is -3.17. The molecule has 3 atom stereocenters. The van der Waals surface area contributed by atoms with Crippen molar-refractivity contribution in [3.63, 3.8) is 0 Å². The lowest BCUT2D eigenvalue weighted by Gasteiger charge is -2.46. The minimum atomic E-state index is 0.0359. The Morgan fingerprint density at radius 3 is 2.90 bits per heavy atom. The Kier molecular flexibility index (Phi) is 4.76. The van der Waals surface area contributed by atoms with E-state index in [0.717, 1.165) is 47.3 Å². The van der Waals surface area contributed by atoms with E-state index in [4.69, 9.17) is 4.74 Å². The fourth-order valence-corrected chi connectivity index (χ4v) is 4.76. The summed E-state index contributed by atoms with van der Waals surface area (Å²) in [4.78, 5) is 2.48. The number of benzene rings is 2. The maximum absolute atomic E-state index is 9.35. The van der Waals surface area contributed by atoms with E-state index in [1.165, 1.54) is 12.1 Å². The molecular formula is C24H25N5O. The van der Waals surface area contributed by atoms with Gasteiger partial charge < -0.3 is 15.0 Å². The lowest BCUT2D eigenvalue weighted by Crippen LogP contribution is -2.54. The van der Waals surface area contributed by atoms with Gasteiger partial charge in [-0.25, -0.2) is 0 Å². The number of fused-ring (bicyclic) bond motifs is 4. The number of anilines is 2. The largest absolute Gasteiger partial charge is 0.377 e. The highest BCUT2D eigenvalue weighted by atomic mass is 16.5. The smallest absolute Gasteiger partial charge is 0.0994 e. The van der Waals surface area contributed by atoms with Crippen LogP contribution in [0.4, 0.5) is 11.4 Å². The van der Waals surface area contributed by atoms with Crippen LogP contribution in [0.3, 0.4) is 0 Å². The molecule has 0 radical (unpaired) electrons. The number of hydrogen-bond acceptors (Lipinski definition) is 6. The minimum absolute atomic E-state index is 0.0359. The van der Waals surface area contributed by atoms with E-state index in [2.05, 4.69) is 57.7 Å². The predicted octanol–water partition coefficient (Wildman–Crippen LogP) is 4.35. The molecule has 4 heterocycles. The number of rotatable bonds is 4. The number of nitrogens with one attached hydrogen (secondary N) is 1. The number of nitriles is 1. The molecule has 6 heteroatoms. The normalized spacial score (nSPS) is 21.4. The van der Waals surface area contributed by atoms with Crippen molar-refractivity contribution in [2.45, 2.75) is 44.9 Å². The van der Waals surface area contributed by atoms with E-state index < -0.39 is 0 Å². The Balaban J connectivity index is 1.48. The average Bonchev–Trinajstić information content (AvgIpc) is 2.80. The van der Waals surface area contributed by atoms with Crippen LogP contribution in [-0.2, 0) is 4.74 Å². The maximum Gasteiger partial charge on any atom is 0.0994 e. The molecule has 30 heavy (non-hydrogen) atoms. The number of hydrogen-bond donors (Lipinski definition) is 1. The molecule has 1 aromatic heterocycles. The number of nitrogens with zero attached hydrogens (tertiary/aromatic N) is 4. The molecule has 0 saturated carbocycles. The summed E-state index contributed by atoms with van der Waals surface area (Å²) in [6.07, 6.45) is 4.48. The Morgan fingerprint density at radius 2 is 2.17 bits per heavy atom. The Bertz CT molecular complexity index is 1130. The van der Waals surface area contributed by atoms with E-state index in [-0.39, 0.29) is 6.04 Å². The zero-order chi connectivity index (χ0) is 20.7. The summed E-state index contributed by atoms with van der Waals surface area (Å²) in [6.45, 7) is 5.88. The summed E-state index contributed by atoms with van der Waals surface area (Å²) in [5.74, 6) is 0. The van der Waals surface area contributed by atoms with Crippen LogP contribution in [0.5, 0.6) is 0 Å². The predicted molar refractivity (Wildman–Crippen MR) is 118 cm³/mol. The van der Waals surface area contributed by atoms with Gasteiger partial charge in [-0.15, -0.1) is 0 Å². The van der Waals surface area contributed by atoms with Crippen molar-refractivity contribution in [1.82, 2.24) is 10.2 Å². The average molecular weight is 399 g/mol. The molecule has 0 spiro atoms. The van der Waals surface area contributed by atoms with Gasteiger partial charge in [0.25, 0.3) is 0 Å². The standard InChI is InChI=1S/C24H25N5O/c1-15-17(11-25)4-3-5-21(15)16(2)27-24-12-26-28-23-9-7-18(10-22(23)24)29-13-20-8-6-19(29)14-30-20/h3-5,7,9-10,12,16,19-20H,6,8,13-14H2,1-2H3,(H,27,28)/t16-,19?,20?/m1/s1. The summed E-state index contributed by atoms with van der Waals surface area (Å²) in [5.41, 5.74) is 5.87. The van der Waals surface area contributed by atoms with Gasteiger partial charge >= 0.3 is 0 Å². The van der Waals surface area contributed by atoms with E-state index in [1.807, 2.05) is 19.1 Å². The monoisotopic (exact) mass is 399 g/mol. The van der Waals surface area contributed by atoms with Crippen LogP contribution in [0.2, 0.25) is 0 Å². The molecule has 3 aliphatic rings. The van der Waals surface area contributed by atoms with Gasteiger partial charge in [-0.3, -0.25) is 0 Å². The summed E-state index contributed by atoms with van der Waals surface area (Å²) < 4.78 is 5.87. The quantitative estimate of drug-likeness (QED) is 0.703. The number of morpholine rings is 1. The second kappa shape index (κ2) is 7.58. The molecule has 152 valence electrons. The number of piperidine rings is 1. The third kappa shape index (κ3) is 3.25. The highest BCUT2D eigenvalue weighted by Crippen LogP contribution is 2.34. The van der Waals surface area contributed by atoms with Gasteiger partial charge in [0.15, 0.2) is 0 Å². The SMILES string of the molecule is Cc1c(C#N)cccc1[C@@H](C)Nc1cnnc2ccc(N3CC4CCC3CO4)cc12. The molecule has 2 bridgehead atoms. The van der Waals surface area contributed by atoms with Gasteiger partial charge in [0, 0.05) is 23.7 Å². The molecule has 6 nitrogen and oxygen atoms in total. The fourth-order valence-electron chi connectivity index (χ4n) is 4.76. The first kappa shape index (κ1) is 18.8. The van der Waals surface area contributed by atoms with Gasteiger partial charge in [-0.1, -0.05) is 12.1 Å². The van der Waals surface area contributed by atoms with Crippen molar-refractivity contribution in [2.75, 3.05) is 23.4 Å². The van der Waals surface area contributed by atoms with Crippen molar-refractivity contribution >= 4 is 22.3 Å². The maximum atomic E-state index is 9.35. The molecule has 2 aromatic carbocycles. The van der Waals surface area contributed by atoms with Crippen LogP contribution in [0, 0.1) is 18.3 Å². The van der Waals surface area contributed by atoms with Crippen molar-refractivity contribution in [3.05, 3.63) is 59.3 Å². The first-order valence-corrected chi connectivity index (χ1v) is 10.5. The van der Waals surface area contributed by atoms with E-state index >= 15 is 0 Å². The Labute approximate surface area is 176 Å². The van der Waals surface area contributed by atoms with Crippen LogP contribution in [0.25, 0.3) is 10.9 Å². The van der Waals surface area contributed by atoms with Gasteiger partial charge in [-0.05, 0) is 62.1 Å². The van der Waals surface area contributed by atoms with Crippen molar-refractivity contribution in [1.29, 1.82) is 5.26 Å². The molecule has 3 fully saturated rings. The van der Waals surface area contributed by atoms with E-state index in [9.17, 15) is 5.26 Å². The molecule has 3 saturated heterocycles. The molecule has 3 aliphatic heterocycles. The lowest BCUT2D eigenvalue weighted by molar-refractivity contribution is -0.0225. The summed E-state index contributed by atoms with van der Waals surface area (Å²) in [7, 11) is 0. The third-order valence-electron chi connectivity index (χ3n) is 6.48. The highest BCUT2D eigenvalue weighted by Gasteiger charge is 2.34. The van der Waals surface area contributed by atoms with Crippen LogP contribution >= 0.6 is 0 Å². The van der Waals surface area contributed by atoms with Gasteiger partial charge in [-0.2, -0.15) is 15.5 Å². The number of ether oxygens (including phenoxy) is 1.